The highest BCUT2D eigenvalue weighted by Gasteiger charge is 2.15. The third-order valence-corrected chi connectivity index (χ3v) is 3.84. The van der Waals surface area contributed by atoms with E-state index >= 15 is 0 Å². The van der Waals surface area contributed by atoms with Crippen LogP contribution in [0.3, 0.4) is 0 Å². The van der Waals surface area contributed by atoms with Gasteiger partial charge in [0, 0.05) is 24.2 Å². The Morgan fingerprint density at radius 2 is 2.04 bits per heavy atom. The van der Waals surface area contributed by atoms with Crippen molar-refractivity contribution in [2.24, 2.45) is 0 Å². The van der Waals surface area contributed by atoms with Crippen LogP contribution < -0.4 is 5.56 Å². The predicted molar refractivity (Wildman–Crippen MR) is 88.0 cm³/mol. The number of rotatable bonds is 3. The van der Waals surface area contributed by atoms with Crippen molar-refractivity contribution in [1.29, 1.82) is 10.5 Å². The number of aromatic nitrogens is 2. The van der Waals surface area contributed by atoms with Crippen LogP contribution in [0.15, 0.2) is 47.7 Å². The van der Waals surface area contributed by atoms with Gasteiger partial charge in [-0.3, -0.25) is 4.79 Å². The number of pyridine rings is 2. The van der Waals surface area contributed by atoms with E-state index in [4.69, 9.17) is 5.26 Å². The van der Waals surface area contributed by atoms with Crippen LogP contribution in [0.4, 0.5) is 0 Å². The van der Waals surface area contributed by atoms with E-state index in [0.29, 0.717) is 11.1 Å². The van der Waals surface area contributed by atoms with Crippen LogP contribution in [0.2, 0.25) is 0 Å². The molecule has 0 aromatic carbocycles. The molecule has 0 saturated carbocycles. The van der Waals surface area contributed by atoms with Gasteiger partial charge in [0.2, 0.25) is 0 Å². The molecule has 0 saturated heterocycles. The summed E-state index contributed by atoms with van der Waals surface area (Å²) in [6.45, 7) is 0.0585. The Labute approximate surface area is 142 Å². The van der Waals surface area contributed by atoms with E-state index in [1.807, 2.05) is 12.1 Å². The first-order chi connectivity index (χ1) is 12.1. The summed E-state index contributed by atoms with van der Waals surface area (Å²) < 4.78 is 7.68. The standard InChI is InChI=1S/C18H12N4O3/c1-25-18(24)13-6-12(7-19)17(23)22(9-13)11-14-10-21-5-3-2-4-16(21)15(14)8-20/h2-6,9-10H,11H2,1H3. The van der Waals surface area contributed by atoms with E-state index in [-0.39, 0.29) is 17.7 Å². The summed E-state index contributed by atoms with van der Waals surface area (Å²) in [6.07, 6.45) is 4.88. The molecule has 0 amide bonds. The molecule has 122 valence electrons. The Morgan fingerprint density at radius 1 is 1.24 bits per heavy atom. The van der Waals surface area contributed by atoms with Crippen LogP contribution in [0.5, 0.6) is 0 Å². The molecule has 0 fully saturated rings. The van der Waals surface area contributed by atoms with Crippen molar-refractivity contribution in [3.05, 3.63) is 75.5 Å². The van der Waals surface area contributed by atoms with Crippen LogP contribution in [-0.4, -0.2) is 22.0 Å². The normalized spacial score (nSPS) is 10.2. The molecule has 0 spiro atoms. The van der Waals surface area contributed by atoms with Crippen LogP contribution in [0.25, 0.3) is 5.52 Å². The average Bonchev–Trinajstić information content (AvgIpc) is 2.99. The number of ether oxygens (including phenoxy) is 1. The number of hydrogen-bond acceptors (Lipinski definition) is 5. The van der Waals surface area contributed by atoms with Gasteiger partial charge in [0.05, 0.1) is 30.3 Å². The molecule has 7 nitrogen and oxygen atoms in total. The molecule has 0 atom stereocenters. The van der Waals surface area contributed by atoms with Gasteiger partial charge in [-0.25, -0.2) is 4.79 Å². The third kappa shape index (κ3) is 2.75. The summed E-state index contributed by atoms with van der Waals surface area (Å²) in [5.41, 5.74) is 1.18. The fourth-order valence-electron chi connectivity index (χ4n) is 2.67. The molecular formula is C18H12N4O3. The Morgan fingerprint density at radius 3 is 2.72 bits per heavy atom. The van der Waals surface area contributed by atoms with Crippen LogP contribution in [0, 0.1) is 22.7 Å². The van der Waals surface area contributed by atoms with E-state index < -0.39 is 11.5 Å². The van der Waals surface area contributed by atoms with E-state index in [1.54, 1.807) is 28.9 Å². The van der Waals surface area contributed by atoms with Crippen molar-refractivity contribution in [3.8, 4) is 12.1 Å². The monoisotopic (exact) mass is 332 g/mol. The van der Waals surface area contributed by atoms with Gasteiger partial charge >= 0.3 is 5.97 Å². The largest absolute Gasteiger partial charge is 0.465 e. The first-order valence-corrected chi connectivity index (χ1v) is 7.30. The molecule has 0 N–H and O–H groups in total. The lowest BCUT2D eigenvalue weighted by Gasteiger charge is -2.08. The van der Waals surface area contributed by atoms with Crippen molar-refractivity contribution in [3.63, 3.8) is 0 Å². The van der Waals surface area contributed by atoms with Gasteiger partial charge in [0.15, 0.2) is 0 Å². The molecule has 3 aromatic rings. The number of hydrogen-bond donors (Lipinski definition) is 0. The molecule has 0 aliphatic rings. The minimum Gasteiger partial charge on any atom is -0.465 e. The van der Waals surface area contributed by atoms with Crippen LogP contribution in [0.1, 0.15) is 27.0 Å². The summed E-state index contributed by atoms with van der Waals surface area (Å²) >= 11 is 0. The summed E-state index contributed by atoms with van der Waals surface area (Å²) in [4.78, 5) is 24.1. The Kier molecular flexibility index (Phi) is 4.07. The smallest absolute Gasteiger partial charge is 0.339 e. The Balaban J connectivity index is 2.16. The summed E-state index contributed by atoms with van der Waals surface area (Å²) in [5, 5.41) is 18.6. The van der Waals surface area contributed by atoms with Gasteiger partial charge in [0.25, 0.3) is 5.56 Å². The number of methoxy groups -OCH3 is 1. The summed E-state index contributed by atoms with van der Waals surface area (Å²) in [7, 11) is 1.22. The molecule has 3 heterocycles. The second-order valence-electron chi connectivity index (χ2n) is 5.31. The first kappa shape index (κ1) is 16.0. The molecule has 25 heavy (non-hydrogen) atoms. The summed E-state index contributed by atoms with van der Waals surface area (Å²) in [5.74, 6) is -0.646. The van der Waals surface area contributed by atoms with E-state index in [2.05, 4.69) is 10.8 Å². The summed E-state index contributed by atoms with van der Waals surface area (Å²) in [6, 6.07) is 10.6. The SMILES string of the molecule is COC(=O)c1cc(C#N)c(=O)n(Cc2cn3ccccc3c2C#N)c1. The minimum absolute atomic E-state index is 0.0585. The zero-order valence-electron chi connectivity index (χ0n) is 13.3. The predicted octanol–water partition coefficient (Wildman–Crippen LogP) is 1.68. The van der Waals surface area contributed by atoms with E-state index in [1.165, 1.54) is 23.9 Å². The topological polar surface area (TPSA) is 100 Å². The van der Waals surface area contributed by atoms with Crippen molar-refractivity contribution in [2.75, 3.05) is 7.11 Å². The van der Waals surface area contributed by atoms with Gasteiger partial charge in [-0.1, -0.05) is 6.07 Å². The second kappa shape index (κ2) is 6.34. The highest BCUT2D eigenvalue weighted by molar-refractivity contribution is 5.89. The van der Waals surface area contributed by atoms with Gasteiger partial charge in [-0.2, -0.15) is 10.5 Å². The van der Waals surface area contributed by atoms with Gasteiger partial charge in [-0.05, 0) is 18.2 Å². The molecule has 0 unspecified atom stereocenters. The highest BCUT2D eigenvalue weighted by Crippen LogP contribution is 2.18. The maximum Gasteiger partial charge on any atom is 0.339 e. The molecule has 0 aliphatic heterocycles. The maximum absolute atomic E-state index is 12.4. The van der Waals surface area contributed by atoms with Crippen LogP contribution >= 0.6 is 0 Å². The number of carbonyl (C=O) groups is 1. The molecule has 7 heteroatoms. The van der Waals surface area contributed by atoms with Crippen LogP contribution in [-0.2, 0) is 11.3 Å². The zero-order chi connectivity index (χ0) is 18.0. The quantitative estimate of drug-likeness (QED) is 0.679. The number of fused-ring (bicyclic) bond motifs is 1. The lowest BCUT2D eigenvalue weighted by Crippen LogP contribution is -2.24. The van der Waals surface area contributed by atoms with Gasteiger partial charge in [-0.15, -0.1) is 0 Å². The van der Waals surface area contributed by atoms with Crippen molar-refractivity contribution in [1.82, 2.24) is 8.97 Å². The first-order valence-electron chi connectivity index (χ1n) is 7.30. The van der Waals surface area contributed by atoms with Gasteiger partial charge in [0.1, 0.15) is 17.7 Å². The fourth-order valence-corrected chi connectivity index (χ4v) is 2.67. The Bertz CT molecular complexity index is 1130. The zero-order valence-corrected chi connectivity index (χ0v) is 13.3. The lowest BCUT2D eigenvalue weighted by molar-refractivity contribution is 0.0599. The Hall–Kier alpha value is -3.84. The molecule has 3 rings (SSSR count). The second-order valence-corrected chi connectivity index (χ2v) is 5.31. The van der Waals surface area contributed by atoms with Crippen molar-refractivity contribution < 1.29 is 9.53 Å². The average molecular weight is 332 g/mol. The molecule has 0 radical (unpaired) electrons. The number of nitrogens with zero attached hydrogens (tertiary/aromatic N) is 4. The van der Waals surface area contributed by atoms with Crippen molar-refractivity contribution in [2.45, 2.75) is 6.54 Å². The number of nitriles is 2. The molecule has 3 aromatic heterocycles. The number of carbonyl (C=O) groups excluding carboxylic acids is 1. The molecule has 0 bridgehead atoms. The lowest BCUT2D eigenvalue weighted by atomic mass is 10.1. The van der Waals surface area contributed by atoms with E-state index in [9.17, 15) is 14.9 Å². The van der Waals surface area contributed by atoms with Crippen molar-refractivity contribution >= 4 is 11.5 Å². The number of esters is 1. The maximum atomic E-state index is 12.4. The van der Waals surface area contributed by atoms with Gasteiger partial charge < -0.3 is 13.7 Å². The van der Waals surface area contributed by atoms with E-state index in [0.717, 1.165) is 5.52 Å². The third-order valence-electron chi connectivity index (χ3n) is 3.84. The molecular weight excluding hydrogens is 320 g/mol. The molecule has 0 aliphatic carbocycles. The fraction of sp³-hybridized carbons (Fsp3) is 0.111. The highest BCUT2D eigenvalue weighted by atomic mass is 16.5. The minimum atomic E-state index is -0.646.